The van der Waals surface area contributed by atoms with Crippen LogP contribution in [-0.4, -0.2) is 30.7 Å². The summed E-state index contributed by atoms with van der Waals surface area (Å²) in [5.41, 5.74) is 8.85. The van der Waals surface area contributed by atoms with E-state index in [1.807, 2.05) is 19.1 Å². The Kier molecular flexibility index (Phi) is 6.83. The van der Waals surface area contributed by atoms with Crippen molar-refractivity contribution in [3.8, 4) is 11.1 Å². The number of hydrogen-bond donors (Lipinski definition) is 2. The number of rotatable bonds is 5. The lowest BCUT2D eigenvalue weighted by Crippen LogP contribution is -2.37. The molecular weight excluding hydrogens is 555 g/mol. The van der Waals surface area contributed by atoms with Crippen LogP contribution in [-0.2, 0) is 13.0 Å². The van der Waals surface area contributed by atoms with Crippen molar-refractivity contribution >= 4 is 22.8 Å². The number of carbonyl (C=O) groups excluding carboxylic acids is 1. The van der Waals surface area contributed by atoms with Crippen molar-refractivity contribution in [2.45, 2.75) is 38.8 Å². The Morgan fingerprint density at radius 2 is 1.76 bits per heavy atom. The number of aromatic nitrogens is 4. The quantitative estimate of drug-likeness (QED) is 0.144. The first-order chi connectivity index (χ1) is 20.1. The number of nitrogens with zero attached hydrogens (tertiary/aromatic N) is 4. The van der Waals surface area contributed by atoms with E-state index in [-0.39, 0.29) is 23.7 Å². The van der Waals surface area contributed by atoms with E-state index in [1.165, 1.54) is 12.1 Å². The predicted octanol–water partition coefficient (Wildman–Crippen LogP) is 6.33. The third kappa shape index (κ3) is 4.62. The summed E-state index contributed by atoms with van der Waals surface area (Å²) in [6.45, 7) is 1.78. The fourth-order valence-corrected chi connectivity index (χ4v) is 5.35. The second-order valence-corrected chi connectivity index (χ2v) is 10.2. The highest BCUT2D eigenvalue weighted by Crippen LogP contribution is 2.36. The lowest BCUT2D eigenvalue weighted by atomic mass is 9.90. The summed E-state index contributed by atoms with van der Waals surface area (Å²) in [6, 6.07) is 9.39. The number of benzene rings is 1. The lowest BCUT2D eigenvalue weighted by molar-refractivity contribution is 0.0624. The van der Waals surface area contributed by atoms with E-state index < -0.39 is 40.7 Å². The highest BCUT2D eigenvalue weighted by molar-refractivity contribution is 5.97. The molecule has 1 amide bonds. The number of fused-ring (bicyclic) bond motifs is 2. The molecule has 0 fully saturated rings. The van der Waals surface area contributed by atoms with E-state index >= 15 is 0 Å². The minimum atomic E-state index is -2.24. The average Bonchev–Trinajstić information content (AvgIpc) is 3.41. The van der Waals surface area contributed by atoms with Gasteiger partial charge in [0, 0.05) is 18.0 Å². The highest BCUT2D eigenvalue weighted by atomic mass is 19.2. The molecule has 0 saturated heterocycles. The van der Waals surface area contributed by atoms with Crippen LogP contribution in [0.2, 0.25) is 0 Å². The third-order valence-electron chi connectivity index (χ3n) is 7.52. The van der Waals surface area contributed by atoms with E-state index in [0.29, 0.717) is 29.0 Å². The number of nitrogens with two attached hydrogens (primary N) is 1. The number of carbonyl (C=O) groups is 1. The van der Waals surface area contributed by atoms with Crippen LogP contribution in [0.4, 0.5) is 27.8 Å². The van der Waals surface area contributed by atoms with Crippen molar-refractivity contribution in [3.05, 3.63) is 106 Å². The second-order valence-electron chi connectivity index (χ2n) is 10.2. The number of aromatic amines is 1. The van der Waals surface area contributed by atoms with Gasteiger partial charge in [0.25, 0.3) is 5.91 Å². The summed E-state index contributed by atoms with van der Waals surface area (Å²) in [5.74, 6) is -10.2. The van der Waals surface area contributed by atoms with Gasteiger partial charge in [0.2, 0.25) is 5.82 Å². The summed E-state index contributed by atoms with van der Waals surface area (Å²) >= 11 is 0. The van der Waals surface area contributed by atoms with E-state index in [1.54, 1.807) is 23.2 Å². The summed E-state index contributed by atoms with van der Waals surface area (Å²) in [6.07, 6.45) is 4.93. The van der Waals surface area contributed by atoms with Crippen molar-refractivity contribution in [1.82, 2.24) is 24.8 Å². The molecule has 0 saturated carbocycles. The van der Waals surface area contributed by atoms with Crippen LogP contribution in [0, 0.1) is 36.0 Å². The third-order valence-corrected chi connectivity index (χ3v) is 7.52. The van der Waals surface area contributed by atoms with Gasteiger partial charge in [-0.25, -0.2) is 26.9 Å². The number of nitrogen functional groups attached to an aromatic ring is 1. The Morgan fingerprint density at radius 1 is 1.02 bits per heavy atom. The molecule has 1 aromatic carbocycles. The first-order valence-corrected chi connectivity index (χ1v) is 13.1. The van der Waals surface area contributed by atoms with Crippen molar-refractivity contribution in [1.29, 1.82) is 0 Å². The molecule has 0 radical (unpaired) electrons. The molecule has 6 rings (SSSR count). The Bertz CT molecular complexity index is 1790. The molecule has 4 heterocycles. The topological polar surface area (TPSA) is 101 Å². The molecule has 214 valence electrons. The van der Waals surface area contributed by atoms with E-state index in [4.69, 9.17) is 5.73 Å². The molecule has 12 heteroatoms. The van der Waals surface area contributed by atoms with Gasteiger partial charge in [0.15, 0.2) is 23.3 Å². The molecule has 1 aliphatic carbocycles. The molecule has 3 N–H and O–H groups in total. The number of amides is 1. The number of hydrogen-bond acceptors (Lipinski definition) is 5. The molecule has 1 aliphatic rings. The smallest absolute Gasteiger partial charge is 0.271 e. The SMILES string of the molecule is Cc1cc2[nH]c(C(=O)N(Cc3ccc(-c4c(F)c(F)c(F)c(F)c4F)cn3)[C@@H]3CCCc4cccnc43)cc2nc1N. The molecule has 7 nitrogen and oxygen atoms in total. The molecule has 0 bridgehead atoms. The van der Waals surface area contributed by atoms with Crippen molar-refractivity contribution in [2.24, 2.45) is 0 Å². The molecule has 0 unspecified atom stereocenters. The van der Waals surface area contributed by atoms with Crippen LogP contribution in [0.25, 0.3) is 22.2 Å². The number of anilines is 1. The maximum absolute atomic E-state index is 14.4. The van der Waals surface area contributed by atoms with Crippen molar-refractivity contribution in [3.63, 3.8) is 0 Å². The standard InChI is InChI=1S/C30H23F5N6O/c1-14-10-18-19(40-29(14)36)11-20(39-18)30(42)41(21-6-2-4-15-5-3-9-37-28(15)21)13-17-8-7-16(12-38-17)22-23(31)25(33)27(35)26(34)24(22)32/h3,5,7-12,21,39H,2,4,6,13H2,1H3,(H2,36,40)/t21-/m1/s1. The average molecular weight is 579 g/mol. The summed E-state index contributed by atoms with van der Waals surface area (Å²) < 4.78 is 69.9. The molecule has 0 aliphatic heterocycles. The Balaban J connectivity index is 1.38. The fourth-order valence-electron chi connectivity index (χ4n) is 5.35. The summed E-state index contributed by atoms with van der Waals surface area (Å²) in [4.78, 5) is 31.9. The van der Waals surface area contributed by atoms with Crippen LogP contribution < -0.4 is 5.73 Å². The minimum Gasteiger partial charge on any atom is -0.383 e. The zero-order chi connectivity index (χ0) is 29.7. The van der Waals surface area contributed by atoms with Crippen molar-refractivity contribution in [2.75, 3.05) is 5.73 Å². The number of H-pyrrole nitrogens is 1. The first-order valence-electron chi connectivity index (χ1n) is 13.1. The van der Waals surface area contributed by atoms with Gasteiger partial charge in [-0.15, -0.1) is 0 Å². The Morgan fingerprint density at radius 3 is 2.48 bits per heavy atom. The second kappa shape index (κ2) is 10.5. The van der Waals surface area contributed by atoms with E-state index in [2.05, 4.69) is 19.9 Å². The minimum absolute atomic E-state index is 0.0269. The van der Waals surface area contributed by atoms with Gasteiger partial charge in [-0.1, -0.05) is 12.1 Å². The van der Waals surface area contributed by atoms with Gasteiger partial charge in [-0.2, -0.15) is 0 Å². The summed E-state index contributed by atoms with van der Waals surface area (Å²) in [7, 11) is 0. The normalized spacial score (nSPS) is 14.7. The zero-order valence-electron chi connectivity index (χ0n) is 22.2. The number of aryl methyl sites for hydroxylation is 2. The fraction of sp³-hybridized carbons (Fsp3) is 0.200. The first kappa shape index (κ1) is 27.3. The van der Waals surface area contributed by atoms with Gasteiger partial charge in [0.1, 0.15) is 11.5 Å². The molecule has 5 aromatic rings. The Hall–Kier alpha value is -4.87. The van der Waals surface area contributed by atoms with Gasteiger partial charge in [-0.05, 0) is 61.6 Å². The molecule has 1 atom stereocenters. The number of pyridine rings is 3. The van der Waals surface area contributed by atoms with Crippen LogP contribution in [0.5, 0.6) is 0 Å². The van der Waals surface area contributed by atoms with E-state index in [9.17, 15) is 26.7 Å². The van der Waals surface area contributed by atoms with Crippen LogP contribution >= 0.6 is 0 Å². The van der Waals surface area contributed by atoms with Gasteiger partial charge >= 0.3 is 0 Å². The van der Waals surface area contributed by atoms with Crippen LogP contribution in [0.15, 0.2) is 48.8 Å². The van der Waals surface area contributed by atoms with Gasteiger partial charge in [-0.3, -0.25) is 14.8 Å². The molecule has 4 aromatic heterocycles. The monoisotopic (exact) mass is 578 g/mol. The molecular formula is C30H23F5N6O. The predicted molar refractivity (Wildman–Crippen MR) is 144 cm³/mol. The van der Waals surface area contributed by atoms with Crippen molar-refractivity contribution < 1.29 is 26.7 Å². The zero-order valence-corrected chi connectivity index (χ0v) is 22.2. The number of halogens is 5. The highest BCUT2D eigenvalue weighted by Gasteiger charge is 2.33. The van der Waals surface area contributed by atoms with Gasteiger partial charge in [0.05, 0.1) is 40.6 Å². The van der Waals surface area contributed by atoms with Crippen LogP contribution in [0.1, 0.15) is 51.9 Å². The summed E-state index contributed by atoms with van der Waals surface area (Å²) in [5, 5.41) is 0. The van der Waals surface area contributed by atoms with E-state index in [0.717, 1.165) is 35.9 Å². The Labute approximate surface area is 236 Å². The maximum atomic E-state index is 14.4. The van der Waals surface area contributed by atoms with Crippen LogP contribution in [0.3, 0.4) is 0 Å². The molecule has 42 heavy (non-hydrogen) atoms. The molecule has 0 spiro atoms. The van der Waals surface area contributed by atoms with Gasteiger partial charge < -0.3 is 15.6 Å². The largest absolute Gasteiger partial charge is 0.383 e. The maximum Gasteiger partial charge on any atom is 0.271 e. The lowest BCUT2D eigenvalue weighted by Gasteiger charge is -2.34. The number of nitrogens with one attached hydrogen (secondary N) is 1.